The number of thiophene rings is 1. The minimum Gasteiger partial charge on any atom is -0.338 e. The average molecular weight is 427 g/mol. The maximum absolute atomic E-state index is 12.8. The zero-order valence-corrected chi connectivity index (χ0v) is 17.6. The molecule has 1 amide bonds. The highest BCUT2D eigenvalue weighted by molar-refractivity contribution is 7.12. The largest absolute Gasteiger partial charge is 0.338 e. The molecule has 7 nitrogen and oxygen atoms in total. The van der Waals surface area contributed by atoms with Crippen molar-refractivity contribution in [3.8, 4) is 0 Å². The zero-order chi connectivity index (χ0) is 20.1. The summed E-state index contributed by atoms with van der Waals surface area (Å²) in [5.74, 6) is 1.66. The molecule has 0 saturated carbocycles. The van der Waals surface area contributed by atoms with E-state index in [1.807, 2.05) is 51.9 Å². The number of nitrogens with zero attached hydrogens (tertiary/aromatic N) is 6. The van der Waals surface area contributed by atoms with Crippen LogP contribution in [0.3, 0.4) is 0 Å². The van der Waals surface area contributed by atoms with Crippen LogP contribution in [0, 0.1) is 6.92 Å². The molecule has 4 heterocycles. The first-order chi connectivity index (χ1) is 14.0. The number of rotatable bonds is 2. The van der Waals surface area contributed by atoms with Gasteiger partial charge in [0.05, 0.1) is 10.4 Å². The van der Waals surface area contributed by atoms with Gasteiger partial charge in [0, 0.05) is 36.1 Å². The van der Waals surface area contributed by atoms with Crippen molar-refractivity contribution >= 4 is 51.3 Å². The number of fused-ring (bicyclic) bond motifs is 3. The van der Waals surface area contributed by atoms with Crippen LogP contribution in [0.25, 0.3) is 16.6 Å². The summed E-state index contributed by atoms with van der Waals surface area (Å²) in [4.78, 5) is 22.6. The lowest BCUT2D eigenvalue weighted by molar-refractivity contribution is 0.0678. The monoisotopic (exact) mass is 426 g/mol. The third kappa shape index (κ3) is 3.03. The van der Waals surface area contributed by atoms with Gasteiger partial charge in [0.25, 0.3) is 5.91 Å². The second-order valence-corrected chi connectivity index (χ2v) is 8.63. The quantitative estimate of drug-likeness (QED) is 0.489. The summed E-state index contributed by atoms with van der Waals surface area (Å²) < 4.78 is 1.99. The normalized spacial score (nSPS) is 17.4. The number of aromatic nitrogens is 4. The molecule has 3 aromatic heterocycles. The maximum Gasteiger partial charge on any atom is 0.264 e. The molecule has 0 bridgehead atoms. The van der Waals surface area contributed by atoms with E-state index in [9.17, 15) is 4.79 Å². The second-order valence-electron chi connectivity index (χ2n) is 7.25. The Kier molecular flexibility index (Phi) is 4.40. The summed E-state index contributed by atoms with van der Waals surface area (Å²) in [5, 5.41) is 12.1. The molecular weight excluding hydrogens is 408 g/mol. The highest BCUT2D eigenvalue weighted by atomic mass is 35.5. The number of hydrogen-bond acceptors (Lipinski definition) is 6. The van der Waals surface area contributed by atoms with Crippen LogP contribution in [0.1, 0.15) is 22.4 Å². The van der Waals surface area contributed by atoms with Crippen LogP contribution in [0.2, 0.25) is 5.02 Å². The van der Waals surface area contributed by atoms with E-state index in [-0.39, 0.29) is 11.9 Å². The lowest BCUT2D eigenvalue weighted by atomic mass is 10.2. The van der Waals surface area contributed by atoms with Gasteiger partial charge in [-0.05, 0) is 43.5 Å². The summed E-state index contributed by atoms with van der Waals surface area (Å²) >= 11 is 7.68. The average Bonchev–Trinajstić information content (AvgIpc) is 3.37. The molecule has 0 N–H and O–H groups in total. The van der Waals surface area contributed by atoms with Crippen molar-refractivity contribution in [2.24, 2.45) is 0 Å². The highest BCUT2D eigenvalue weighted by Gasteiger charge is 2.30. The van der Waals surface area contributed by atoms with Crippen molar-refractivity contribution in [3.63, 3.8) is 0 Å². The maximum atomic E-state index is 12.8. The van der Waals surface area contributed by atoms with Crippen molar-refractivity contribution in [1.29, 1.82) is 0 Å². The minimum atomic E-state index is 0.0574. The van der Waals surface area contributed by atoms with E-state index in [0.717, 1.165) is 33.2 Å². The molecule has 9 heteroatoms. The zero-order valence-electron chi connectivity index (χ0n) is 16.0. The van der Waals surface area contributed by atoms with Gasteiger partial charge in [-0.1, -0.05) is 17.7 Å². The number of hydrogen-bond donors (Lipinski definition) is 0. The number of aryl methyl sites for hydroxylation is 1. The first-order valence-electron chi connectivity index (χ1n) is 9.43. The Bertz CT molecular complexity index is 1220. The lowest BCUT2D eigenvalue weighted by Crippen LogP contribution is -2.54. The van der Waals surface area contributed by atoms with E-state index in [1.165, 1.54) is 11.3 Å². The molecule has 1 aliphatic heterocycles. The van der Waals surface area contributed by atoms with Crippen molar-refractivity contribution in [1.82, 2.24) is 24.5 Å². The number of amides is 1. The van der Waals surface area contributed by atoms with Crippen LogP contribution in [0.4, 0.5) is 5.95 Å². The molecule has 0 unspecified atom stereocenters. The van der Waals surface area contributed by atoms with E-state index in [1.54, 1.807) is 0 Å². The van der Waals surface area contributed by atoms with Gasteiger partial charge in [-0.3, -0.25) is 4.79 Å². The molecule has 1 aliphatic rings. The van der Waals surface area contributed by atoms with Crippen molar-refractivity contribution < 1.29 is 4.79 Å². The number of carbonyl (C=O) groups excluding carboxylic acids is 1. The molecule has 1 aromatic carbocycles. The molecule has 0 spiro atoms. The molecule has 1 atom stereocenters. The molecule has 0 radical (unpaired) electrons. The number of halogens is 1. The smallest absolute Gasteiger partial charge is 0.264 e. The van der Waals surface area contributed by atoms with Crippen LogP contribution >= 0.6 is 22.9 Å². The van der Waals surface area contributed by atoms with Crippen LogP contribution in [0.15, 0.2) is 35.7 Å². The number of piperazine rings is 1. The Morgan fingerprint density at radius 2 is 2.10 bits per heavy atom. The van der Waals surface area contributed by atoms with Crippen LogP contribution in [-0.2, 0) is 0 Å². The minimum absolute atomic E-state index is 0.0574. The fourth-order valence-electron chi connectivity index (χ4n) is 3.92. The summed E-state index contributed by atoms with van der Waals surface area (Å²) in [6, 6.07) is 9.47. The highest BCUT2D eigenvalue weighted by Crippen LogP contribution is 2.28. The van der Waals surface area contributed by atoms with Crippen LogP contribution in [0.5, 0.6) is 0 Å². The summed E-state index contributed by atoms with van der Waals surface area (Å²) in [6.07, 6.45) is 0. The van der Waals surface area contributed by atoms with E-state index in [4.69, 9.17) is 16.6 Å². The van der Waals surface area contributed by atoms with Gasteiger partial charge in [0.15, 0.2) is 5.65 Å². The Hall–Kier alpha value is -2.71. The molecule has 29 heavy (non-hydrogen) atoms. The van der Waals surface area contributed by atoms with Crippen molar-refractivity contribution in [2.45, 2.75) is 19.9 Å². The third-order valence-corrected chi connectivity index (χ3v) is 6.44. The molecule has 1 saturated heterocycles. The van der Waals surface area contributed by atoms with E-state index in [2.05, 4.69) is 22.0 Å². The van der Waals surface area contributed by atoms with Gasteiger partial charge in [-0.25, -0.2) is 9.38 Å². The summed E-state index contributed by atoms with van der Waals surface area (Å²) in [6.45, 7) is 6.00. The second kappa shape index (κ2) is 6.96. The summed E-state index contributed by atoms with van der Waals surface area (Å²) in [7, 11) is 0. The number of anilines is 1. The van der Waals surface area contributed by atoms with Gasteiger partial charge in [-0.2, -0.15) is 0 Å². The topological polar surface area (TPSA) is 66.6 Å². The predicted octanol–water partition coefficient (Wildman–Crippen LogP) is 3.65. The Morgan fingerprint density at radius 1 is 1.24 bits per heavy atom. The van der Waals surface area contributed by atoms with Gasteiger partial charge < -0.3 is 9.80 Å². The molecule has 1 fully saturated rings. The van der Waals surface area contributed by atoms with Gasteiger partial charge in [-0.15, -0.1) is 21.5 Å². The molecular formula is C20H19ClN6OS. The van der Waals surface area contributed by atoms with Crippen molar-refractivity contribution in [3.05, 3.63) is 51.4 Å². The first kappa shape index (κ1) is 18.3. The van der Waals surface area contributed by atoms with Gasteiger partial charge >= 0.3 is 0 Å². The van der Waals surface area contributed by atoms with Crippen LogP contribution < -0.4 is 4.90 Å². The van der Waals surface area contributed by atoms with E-state index < -0.39 is 0 Å². The molecule has 5 rings (SSSR count). The van der Waals surface area contributed by atoms with E-state index >= 15 is 0 Å². The Labute approximate surface area is 176 Å². The Morgan fingerprint density at radius 3 is 2.86 bits per heavy atom. The molecule has 4 aromatic rings. The van der Waals surface area contributed by atoms with Crippen LogP contribution in [-0.4, -0.2) is 56.1 Å². The predicted molar refractivity (Wildman–Crippen MR) is 115 cm³/mol. The molecule has 0 aliphatic carbocycles. The number of benzene rings is 1. The number of carbonyl (C=O) groups is 1. The lowest BCUT2D eigenvalue weighted by Gasteiger charge is -2.40. The summed E-state index contributed by atoms with van der Waals surface area (Å²) in [5.41, 5.74) is 1.56. The van der Waals surface area contributed by atoms with Crippen molar-refractivity contribution in [2.75, 3.05) is 24.5 Å². The SMILES string of the molecule is Cc1nnc2c3ccc(Cl)cc3nc(N3CCN(C(=O)c4cccs4)[C@H](C)C3)n12. The third-order valence-electron chi connectivity index (χ3n) is 5.35. The molecule has 148 valence electrons. The Balaban J connectivity index is 1.52. The fourth-order valence-corrected chi connectivity index (χ4v) is 4.76. The first-order valence-corrected chi connectivity index (χ1v) is 10.7. The fraction of sp³-hybridized carbons (Fsp3) is 0.300. The standard InChI is InChI=1S/C20H19ClN6OS/c1-12-11-25(7-8-26(12)19(28)17-4-3-9-29-17)20-22-16-10-14(21)5-6-15(16)18-24-23-13(2)27(18)20/h3-6,9-10,12H,7-8,11H2,1-2H3/t12-/m1/s1. The van der Waals surface area contributed by atoms with Gasteiger partial charge in [0.2, 0.25) is 5.95 Å². The van der Waals surface area contributed by atoms with Gasteiger partial charge in [0.1, 0.15) is 5.82 Å². The van der Waals surface area contributed by atoms with E-state index in [0.29, 0.717) is 24.7 Å².